The van der Waals surface area contributed by atoms with Crippen molar-refractivity contribution in [3.05, 3.63) is 40.7 Å². The standard InChI is InChI=1S/C19H26N4O3S/c1-11-9-16-10-17(7-8-18(16)23(11)15(5)24)27(25,26)21-13(3)19-12(2)20-22(6)14(19)4/h7-8,10-11,13,21H,9H2,1-6H3. The summed E-state index contributed by atoms with van der Waals surface area (Å²) in [6, 6.07) is 4.59. The molecule has 3 rings (SSSR count). The minimum atomic E-state index is -3.70. The fourth-order valence-corrected chi connectivity index (χ4v) is 5.29. The molecule has 8 heteroatoms. The molecule has 2 unspecified atom stereocenters. The van der Waals surface area contributed by atoms with E-state index in [4.69, 9.17) is 0 Å². The minimum absolute atomic E-state index is 0.0306. The molecule has 2 aromatic rings. The Kier molecular flexibility index (Phi) is 4.90. The van der Waals surface area contributed by atoms with Crippen LogP contribution < -0.4 is 9.62 Å². The van der Waals surface area contributed by atoms with E-state index in [1.807, 2.05) is 34.7 Å². The van der Waals surface area contributed by atoms with Gasteiger partial charge in [-0.25, -0.2) is 13.1 Å². The first-order valence-corrected chi connectivity index (χ1v) is 10.5. The Bertz CT molecular complexity index is 1010. The van der Waals surface area contributed by atoms with Crippen LogP contribution in [0, 0.1) is 13.8 Å². The normalized spacial score (nSPS) is 17.9. The van der Waals surface area contributed by atoms with Gasteiger partial charge < -0.3 is 4.90 Å². The van der Waals surface area contributed by atoms with E-state index >= 15 is 0 Å². The summed E-state index contributed by atoms with van der Waals surface area (Å²) >= 11 is 0. The lowest BCUT2D eigenvalue weighted by atomic mass is 10.1. The van der Waals surface area contributed by atoms with E-state index in [1.54, 1.807) is 27.8 Å². The van der Waals surface area contributed by atoms with Crippen molar-refractivity contribution in [2.75, 3.05) is 4.90 Å². The van der Waals surface area contributed by atoms with Gasteiger partial charge in [-0.05, 0) is 57.9 Å². The lowest BCUT2D eigenvalue weighted by Gasteiger charge is -2.20. The largest absolute Gasteiger partial charge is 0.309 e. The molecule has 146 valence electrons. The average molecular weight is 391 g/mol. The molecule has 0 spiro atoms. The van der Waals surface area contributed by atoms with Gasteiger partial charge in [0.15, 0.2) is 0 Å². The fourth-order valence-electron chi connectivity index (χ4n) is 4.03. The summed E-state index contributed by atoms with van der Waals surface area (Å²) in [5.41, 5.74) is 4.30. The summed E-state index contributed by atoms with van der Waals surface area (Å²) in [4.78, 5) is 13.8. The zero-order valence-corrected chi connectivity index (χ0v) is 17.4. The van der Waals surface area contributed by atoms with Crippen LogP contribution in [0.2, 0.25) is 0 Å². The predicted molar refractivity (Wildman–Crippen MR) is 104 cm³/mol. The molecular formula is C19H26N4O3S. The Hall–Kier alpha value is -2.19. The van der Waals surface area contributed by atoms with Gasteiger partial charge in [0.25, 0.3) is 0 Å². The second-order valence-corrected chi connectivity index (χ2v) is 9.00. The Labute approximate surface area is 160 Å². The molecule has 0 saturated heterocycles. The van der Waals surface area contributed by atoms with Gasteiger partial charge in [0, 0.05) is 43.0 Å². The highest BCUT2D eigenvalue weighted by molar-refractivity contribution is 7.89. The zero-order valence-electron chi connectivity index (χ0n) is 16.6. The quantitative estimate of drug-likeness (QED) is 0.869. The Morgan fingerprint density at radius 2 is 2.00 bits per heavy atom. The van der Waals surface area contributed by atoms with Gasteiger partial charge in [-0.15, -0.1) is 0 Å². The fraction of sp³-hybridized carbons (Fsp3) is 0.474. The minimum Gasteiger partial charge on any atom is -0.309 e. The van der Waals surface area contributed by atoms with E-state index < -0.39 is 16.1 Å². The molecule has 2 heterocycles. The zero-order chi connectivity index (χ0) is 20.1. The predicted octanol–water partition coefficient (Wildman–Crippen LogP) is 2.37. The third-order valence-corrected chi connectivity index (χ3v) is 6.78. The number of aryl methyl sites for hydroxylation is 2. The van der Waals surface area contributed by atoms with E-state index in [1.165, 1.54) is 6.92 Å². The maximum absolute atomic E-state index is 12.9. The molecule has 27 heavy (non-hydrogen) atoms. The first kappa shape index (κ1) is 19.6. The van der Waals surface area contributed by atoms with E-state index in [0.29, 0.717) is 6.42 Å². The van der Waals surface area contributed by atoms with Crippen molar-refractivity contribution < 1.29 is 13.2 Å². The van der Waals surface area contributed by atoms with E-state index in [2.05, 4.69) is 9.82 Å². The second-order valence-electron chi connectivity index (χ2n) is 7.28. The summed E-state index contributed by atoms with van der Waals surface area (Å²) < 4.78 is 30.4. The van der Waals surface area contributed by atoms with E-state index in [9.17, 15) is 13.2 Å². The molecule has 0 radical (unpaired) electrons. The van der Waals surface area contributed by atoms with E-state index in [-0.39, 0.29) is 16.8 Å². The number of hydrogen-bond donors (Lipinski definition) is 1. The van der Waals surface area contributed by atoms with Crippen molar-refractivity contribution in [1.82, 2.24) is 14.5 Å². The molecule has 0 aliphatic carbocycles. The third kappa shape index (κ3) is 3.39. The number of aromatic nitrogens is 2. The van der Waals surface area contributed by atoms with Crippen molar-refractivity contribution in [2.45, 2.75) is 58.0 Å². The van der Waals surface area contributed by atoms with Gasteiger partial charge in [0.05, 0.1) is 10.6 Å². The van der Waals surface area contributed by atoms with Crippen LogP contribution in [0.1, 0.15) is 49.3 Å². The molecule has 1 N–H and O–H groups in total. The number of anilines is 1. The van der Waals surface area contributed by atoms with Crippen LogP contribution in [0.4, 0.5) is 5.69 Å². The maximum atomic E-state index is 12.9. The lowest BCUT2D eigenvalue weighted by molar-refractivity contribution is -0.116. The first-order chi connectivity index (χ1) is 12.5. The molecule has 1 aromatic carbocycles. The smallest absolute Gasteiger partial charge is 0.241 e. The third-order valence-electron chi connectivity index (χ3n) is 5.25. The molecular weight excluding hydrogens is 364 g/mol. The van der Waals surface area contributed by atoms with E-state index in [0.717, 1.165) is 28.2 Å². The summed E-state index contributed by atoms with van der Waals surface area (Å²) in [7, 11) is -1.86. The SMILES string of the molecule is CC(=O)N1c2ccc(S(=O)(=O)NC(C)c3c(C)nn(C)c3C)cc2CC1C. The number of hydrogen-bond acceptors (Lipinski definition) is 4. The Morgan fingerprint density at radius 1 is 1.33 bits per heavy atom. The summed E-state index contributed by atoms with van der Waals surface area (Å²) in [6.45, 7) is 9.11. The van der Waals surface area contributed by atoms with Crippen molar-refractivity contribution >= 4 is 21.6 Å². The maximum Gasteiger partial charge on any atom is 0.241 e. The number of fused-ring (bicyclic) bond motifs is 1. The van der Waals surface area contributed by atoms with Gasteiger partial charge in [-0.3, -0.25) is 9.48 Å². The monoisotopic (exact) mass is 390 g/mol. The van der Waals surface area contributed by atoms with Crippen LogP contribution in [0.3, 0.4) is 0 Å². The van der Waals surface area contributed by atoms with Gasteiger partial charge in [-0.1, -0.05) is 0 Å². The van der Waals surface area contributed by atoms with Crippen molar-refractivity contribution in [3.63, 3.8) is 0 Å². The molecule has 1 aromatic heterocycles. The van der Waals surface area contributed by atoms with Crippen LogP contribution >= 0.6 is 0 Å². The number of amides is 1. The number of carbonyl (C=O) groups is 1. The number of rotatable bonds is 4. The number of nitrogens with one attached hydrogen (secondary N) is 1. The number of sulfonamides is 1. The Balaban J connectivity index is 1.90. The first-order valence-electron chi connectivity index (χ1n) is 8.98. The molecule has 7 nitrogen and oxygen atoms in total. The van der Waals surface area contributed by atoms with Crippen LogP contribution in [-0.4, -0.2) is 30.1 Å². The number of carbonyl (C=O) groups excluding carboxylic acids is 1. The molecule has 1 amide bonds. The van der Waals surface area contributed by atoms with Crippen molar-refractivity contribution in [3.8, 4) is 0 Å². The summed E-state index contributed by atoms with van der Waals surface area (Å²) in [6.07, 6.45) is 0.647. The van der Waals surface area contributed by atoms with Gasteiger partial charge in [0.1, 0.15) is 0 Å². The van der Waals surface area contributed by atoms with Crippen LogP contribution in [0.25, 0.3) is 0 Å². The molecule has 0 bridgehead atoms. The lowest BCUT2D eigenvalue weighted by Crippen LogP contribution is -2.33. The second kappa shape index (κ2) is 6.76. The molecule has 0 fully saturated rings. The molecule has 0 saturated carbocycles. The molecule has 2 atom stereocenters. The van der Waals surface area contributed by atoms with Crippen LogP contribution in [0.15, 0.2) is 23.1 Å². The average Bonchev–Trinajstić information content (AvgIpc) is 3.01. The van der Waals surface area contributed by atoms with Gasteiger partial charge in [-0.2, -0.15) is 5.10 Å². The highest BCUT2D eigenvalue weighted by atomic mass is 32.2. The topological polar surface area (TPSA) is 84.3 Å². The van der Waals surface area contributed by atoms with Gasteiger partial charge in [0.2, 0.25) is 15.9 Å². The number of nitrogens with zero attached hydrogens (tertiary/aromatic N) is 3. The molecule has 1 aliphatic heterocycles. The van der Waals surface area contributed by atoms with Crippen molar-refractivity contribution in [2.24, 2.45) is 7.05 Å². The number of benzene rings is 1. The summed E-state index contributed by atoms with van der Waals surface area (Å²) in [5, 5.41) is 4.36. The Morgan fingerprint density at radius 3 is 2.56 bits per heavy atom. The summed E-state index contributed by atoms with van der Waals surface area (Å²) in [5.74, 6) is -0.0360. The van der Waals surface area contributed by atoms with Crippen LogP contribution in [0.5, 0.6) is 0 Å². The van der Waals surface area contributed by atoms with Crippen LogP contribution in [-0.2, 0) is 28.3 Å². The highest BCUT2D eigenvalue weighted by Crippen LogP contribution is 2.34. The molecule has 1 aliphatic rings. The highest BCUT2D eigenvalue weighted by Gasteiger charge is 2.31. The van der Waals surface area contributed by atoms with Gasteiger partial charge >= 0.3 is 0 Å². The van der Waals surface area contributed by atoms with Crippen molar-refractivity contribution in [1.29, 1.82) is 0 Å².